The van der Waals surface area contributed by atoms with Gasteiger partial charge in [0.05, 0.1) is 0 Å². The summed E-state index contributed by atoms with van der Waals surface area (Å²) in [6.07, 6.45) is 0. The fourth-order valence-electron chi connectivity index (χ4n) is 6.07. The second-order valence-corrected chi connectivity index (χ2v) is 11.3. The van der Waals surface area contributed by atoms with Gasteiger partial charge in [-0.1, -0.05) is 164 Å². The minimum absolute atomic E-state index is 0.640. The lowest BCUT2D eigenvalue weighted by molar-refractivity contribution is 1.07. The summed E-state index contributed by atoms with van der Waals surface area (Å²) in [4.78, 5) is 14.9. The third-order valence-corrected chi connectivity index (χ3v) is 8.32. The van der Waals surface area contributed by atoms with Gasteiger partial charge in [-0.25, -0.2) is 15.0 Å². The molecule has 3 nitrogen and oxygen atoms in total. The molecule has 0 saturated heterocycles. The highest BCUT2D eigenvalue weighted by atomic mass is 15.0. The van der Waals surface area contributed by atoms with Crippen LogP contribution in [0.4, 0.5) is 0 Å². The monoisotopic (exact) mass is 587 g/mol. The molecule has 0 bridgehead atoms. The van der Waals surface area contributed by atoms with Gasteiger partial charge in [-0.2, -0.15) is 0 Å². The Hall–Kier alpha value is -6.19. The molecule has 1 heterocycles. The first-order valence-corrected chi connectivity index (χ1v) is 15.5. The van der Waals surface area contributed by atoms with Crippen LogP contribution < -0.4 is 0 Å². The van der Waals surface area contributed by atoms with Crippen LogP contribution in [0, 0.1) is 0 Å². The van der Waals surface area contributed by atoms with Gasteiger partial charge in [0.25, 0.3) is 0 Å². The lowest BCUT2D eigenvalue weighted by atomic mass is 9.87. The van der Waals surface area contributed by atoms with Crippen LogP contribution in [-0.2, 0) is 0 Å². The summed E-state index contributed by atoms with van der Waals surface area (Å²) in [5.74, 6) is 1.94. The summed E-state index contributed by atoms with van der Waals surface area (Å²) in [5, 5.41) is 2.46. The van der Waals surface area contributed by atoms with Crippen LogP contribution in [-0.4, -0.2) is 15.0 Å². The summed E-state index contributed by atoms with van der Waals surface area (Å²) < 4.78 is 0. The maximum Gasteiger partial charge on any atom is 0.164 e. The zero-order valence-corrected chi connectivity index (χ0v) is 25.1. The zero-order valence-electron chi connectivity index (χ0n) is 25.1. The van der Waals surface area contributed by atoms with Crippen molar-refractivity contribution >= 4 is 10.8 Å². The number of benzene rings is 7. The maximum absolute atomic E-state index is 4.99. The van der Waals surface area contributed by atoms with Crippen LogP contribution in [0.1, 0.15) is 0 Å². The molecule has 0 aliphatic rings. The Morgan fingerprint density at radius 3 is 1.30 bits per heavy atom. The third-order valence-electron chi connectivity index (χ3n) is 8.32. The van der Waals surface area contributed by atoms with Crippen molar-refractivity contribution in [3.63, 3.8) is 0 Å². The van der Waals surface area contributed by atoms with Crippen LogP contribution in [0.3, 0.4) is 0 Å². The van der Waals surface area contributed by atoms with Crippen LogP contribution in [0.5, 0.6) is 0 Å². The van der Waals surface area contributed by atoms with E-state index in [0.29, 0.717) is 17.5 Å². The van der Waals surface area contributed by atoms with E-state index >= 15 is 0 Å². The SMILES string of the molecule is c1ccc(-c2nc(-c3ccccc3)nc(-c3cccc(-c4cccc(-c5ccc6ccccc6c5)c4-c4ccccc4)c3)n2)cc1. The summed E-state index contributed by atoms with van der Waals surface area (Å²) in [7, 11) is 0. The Balaban J connectivity index is 1.30. The maximum atomic E-state index is 4.99. The van der Waals surface area contributed by atoms with Gasteiger partial charge in [0.2, 0.25) is 0 Å². The Labute approximate surface area is 268 Å². The smallest absolute Gasteiger partial charge is 0.164 e. The fourth-order valence-corrected chi connectivity index (χ4v) is 6.07. The highest BCUT2D eigenvalue weighted by Gasteiger charge is 2.17. The zero-order chi connectivity index (χ0) is 30.7. The number of hydrogen-bond donors (Lipinski definition) is 0. The van der Waals surface area contributed by atoms with Crippen LogP contribution in [0.25, 0.3) is 78.3 Å². The van der Waals surface area contributed by atoms with E-state index in [9.17, 15) is 0 Å². The van der Waals surface area contributed by atoms with Gasteiger partial charge < -0.3 is 0 Å². The van der Waals surface area contributed by atoms with Gasteiger partial charge in [0.1, 0.15) is 0 Å². The Kier molecular flexibility index (Phi) is 7.18. The summed E-state index contributed by atoms with van der Waals surface area (Å²) in [6.45, 7) is 0. The molecule has 0 atom stereocenters. The number of nitrogens with zero attached hydrogens (tertiary/aromatic N) is 3. The molecule has 1 aromatic heterocycles. The molecule has 0 unspecified atom stereocenters. The van der Waals surface area contributed by atoms with Crippen molar-refractivity contribution in [2.24, 2.45) is 0 Å². The van der Waals surface area contributed by atoms with E-state index in [-0.39, 0.29) is 0 Å². The molecule has 8 rings (SSSR count). The average molecular weight is 588 g/mol. The molecule has 0 spiro atoms. The molecule has 46 heavy (non-hydrogen) atoms. The van der Waals surface area contributed by atoms with Crippen molar-refractivity contribution in [1.29, 1.82) is 0 Å². The van der Waals surface area contributed by atoms with Crippen molar-refractivity contribution in [3.05, 3.63) is 176 Å². The minimum atomic E-state index is 0.640. The molecule has 0 N–H and O–H groups in total. The molecule has 216 valence electrons. The Bertz CT molecular complexity index is 2240. The molecule has 0 aliphatic heterocycles. The lowest BCUT2D eigenvalue weighted by Crippen LogP contribution is -2.00. The summed E-state index contributed by atoms with van der Waals surface area (Å²) in [5.41, 5.74) is 9.84. The van der Waals surface area contributed by atoms with E-state index in [1.807, 2.05) is 60.7 Å². The van der Waals surface area contributed by atoms with Gasteiger partial charge in [0.15, 0.2) is 17.5 Å². The quantitative estimate of drug-likeness (QED) is 0.194. The largest absolute Gasteiger partial charge is 0.208 e. The molecule has 0 amide bonds. The van der Waals surface area contributed by atoms with E-state index in [1.165, 1.54) is 33.0 Å². The van der Waals surface area contributed by atoms with Crippen molar-refractivity contribution in [1.82, 2.24) is 15.0 Å². The van der Waals surface area contributed by atoms with Gasteiger partial charge in [-0.15, -0.1) is 0 Å². The molecule has 0 fully saturated rings. The number of hydrogen-bond acceptors (Lipinski definition) is 3. The van der Waals surface area contributed by atoms with E-state index < -0.39 is 0 Å². The molecule has 7 aromatic carbocycles. The highest BCUT2D eigenvalue weighted by Crippen LogP contribution is 2.41. The van der Waals surface area contributed by atoms with Gasteiger partial charge in [-0.3, -0.25) is 0 Å². The first kappa shape index (κ1) is 27.4. The first-order valence-electron chi connectivity index (χ1n) is 15.5. The summed E-state index contributed by atoms with van der Waals surface area (Å²) in [6, 6.07) is 61.2. The predicted octanol–water partition coefficient (Wildman–Crippen LogP) is 11.0. The molecule has 0 saturated carbocycles. The molecular formula is C43H29N3. The van der Waals surface area contributed by atoms with Crippen molar-refractivity contribution in [3.8, 4) is 67.5 Å². The molecule has 0 radical (unpaired) electrons. The lowest BCUT2D eigenvalue weighted by Gasteiger charge is -2.17. The number of fused-ring (bicyclic) bond motifs is 1. The minimum Gasteiger partial charge on any atom is -0.208 e. The number of aromatic nitrogens is 3. The van der Waals surface area contributed by atoms with Gasteiger partial charge in [-0.05, 0) is 56.3 Å². The van der Waals surface area contributed by atoms with Crippen LogP contribution >= 0.6 is 0 Å². The van der Waals surface area contributed by atoms with E-state index in [1.54, 1.807) is 0 Å². The fraction of sp³-hybridized carbons (Fsp3) is 0. The van der Waals surface area contributed by atoms with Crippen LogP contribution in [0.15, 0.2) is 176 Å². The second kappa shape index (κ2) is 12.1. The van der Waals surface area contributed by atoms with E-state index in [2.05, 4.69) is 115 Å². The highest BCUT2D eigenvalue weighted by molar-refractivity contribution is 5.97. The normalized spacial score (nSPS) is 11.0. The van der Waals surface area contributed by atoms with Crippen molar-refractivity contribution < 1.29 is 0 Å². The van der Waals surface area contributed by atoms with Gasteiger partial charge >= 0.3 is 0 Å². The average Bonchev–Trinajstić information content (AvgIpc) is 3.15. The predicted molar refractivity (Wildman–Crippen MR) is 190 cm³/mol. The molecule has 3 heteroatoms. The first-order chi connectivity index (χ1) is 22.8. The van der Waals surface area contributed by atoms with Gasteiger partial charge in [0, 0.05) is 16.7 Å². The topological polar surface area (TPSA) is 38.7 Å². The Morgan fingerprint density at radius 2 is 0.696 bits per heavy atom. The number of rotatable bonds is 6. The standard InChI is InChI=1S/C43H29N3/c1-4-15-31(16-5-1)40-38(24-13-25-39(40)36-27-26-30-14-10-11-21-34(30)28-36)35-22-12-23-37(29-35)43-45-41(32-17-6-2-7-18-32)44-42(46-43)33-19-8-3-9-20-33/h1-29H. The third kappa shape index (κ3) is 5.36. The molecule has 0 aliphatic carbocycles. The Morgan fingerprint density at radius 1 is 0.261 bits per heavy atom. The van der Waals surface area contributed by atoms with Crippen LogP contribution in [0.2, 0.25) is 0 Å². The van der Waals surface area contributed by atoms with E-state index in [4.69, 9.17) is 15.0 Å². The molecule has 8 aromatic rings. The van der Waals surface area contributed by atoms with Crippen molar-refractivity contribution in [2.75, 3.05) is 0 Å². The van der Waals surface area contributed by atoms with E-state index in [0.717, 1.165) is 27.8 Å². The summed E-state index contributed by atoms with van der Waals surface area (Å²) >= 11 is 0. The van der Waals surface area contributed by atoms with Crippen molar-refractivity contribution in [2.45, 2.75) is 0 Å². The molecular weight excluding hydrogens is 558 g/mol. The second-order valence-electron chi connectivity index (χ2n) is 11.3.